The quantitative estimate of drug-likeness (QED) is 0.841. The number of benzene rings is 1. The summed E-state index contributed by atoms with van der Waals surface area (Å²) in [7, 11) is -3.26. The molecule has 100 valence electrons. The summed E-state index contributed by atoms with van der Waals surface area (Å²) in [5.41, 5.74) is 1.20. The maximum Gasteiger partial charge on any atom is 0.243 e. The van der Waals surface area contributed by atoms with E-state index in [1.807, 2.05) is 12.1 Å². The van der Waals surface area contributed by atoms with Gasteiger partial charge in [-0.3, -0.25) is 0 Å². The lowest BCUT2D eigenvalue weighted by atomic mass is 10.1. The summed E-state index contributed by atoms with van der Waals surface area (Å²) in [5.74, 6) is 0. The van der Waals surface area contributed by atoms with Crippen LogP contribution in [0.4, 0.5) is 0 Å². The molecule has 0 N–H and O–H groups in total. The minimum absolute atomic E-state index is 0.434. The smallest absolute Gasteiger partial charge is 0.207 e. The van der Waals surface area contributed by atoms with Crippen molar-refractivity contribution in [3.05, 3.63) is 29.8 Å². The van der Waals surface area contributed by atoms with Crippen LogP contribution in [0.3, 0.4) is 0 Å². The molecule has 1 aliphatic heterocycles. The highest BCUT2D eigenvalue weighted by Crippen LogP contribution is 2.21. The molecule has 0 bridgehead atoms. The van der Waals surface area contributed by atoms with Crippen LogP contribution in [0, 0.1) is 0 Å². The standard InChI is InChI=1S/C14H21NO2S/c1-2-6-13-7-9-14(10-8-13)18(16,17)15-11-4-3-5-12-15/h7-10H,2-6,11-12H2,1H3. The van der Waals surface area contributed by atoms with Gasteiger partial charge >= 0.3 is 0 Å². The fourth-order valence-corrected chi connectivity index (χ4v) is 3.89. The molecule has 1 heterocycles. The Hall–Kier alpha value is -0.870. The first-order valence-electron chi connectivity index (χ1n) is 6.73. The average molecular weight is 267 g/mol. The highest BCUT2D eigenvalue weighted by molar-refractivity contribution is 7.89. The first kappa shape index (κ1) is 13.6. The Morgan fingerprint density at radius 2 is 1.67 bits per heavy atom. The normalized spacial score (nSPS) is 17.8. The summed E-state index contributed by atoms with van der Waals surface area (Å²) in [4.78, 5) is 0.434. The van der Waals surface area contributed by atoms with Gasteiger partial charge in [0.05, 0.1) is 4.90 Å². The summed E-state index contributed by atoms with van der Waals surface area (Å²) < 4.78 is 26.4. The molecule has 3 nitrogen and oxygen atoms in total. The topological polar surface area (TPSA) is 37.4 Å². The van der Waals surface area contributed by atoms with E-state index in [1.54, 1.807) is 16.4 Å². The zero-order chi connectivity index (χ0) is 13.0. The van der Waals surface area contributed by atoms with E-state index < -0.39 is 10.0 Å². The van der Waals surface area contributed by atoms with E-state index in [0.717, 1.165) is 32.1 Å². The molecular weight excluding hydrogens is 246 g/mol. The molecule has 1 fully saturated rings. The summed E-state index contributed by atoms with van der Waals surface area (Å²) >= 11 is 0. The van der Waals surface area contributed by atoms with E-state index in [0.29, 0.717) is 18.0 Å². The Morgan fingerprint density at radius 3 is 2.22 bits per heavy atom. The second-order valence-electron chi connectivity index (χ2n) is 4.86. The summed E-state index contributed by atoms with van der Waals surface area (Å²) in [6.07, 6.45) is 5.18. The van der Waals surface area contributed by atoms with Gasteiger partial charge in [-0.05, 0) is 37.0 Å². The molecule has 1 aromatic rings. The summed E-state index contributed by atoms with van der Waals surface area (Å²) in [6, 6.07) is 7.35. The molecule has 1 aromatic carbocycles. The van der Waals surface area contributed by atoms with Gasteiger partial charge in [0.25, 0.3) is 0 Å². The zero-order valence-electron chi connectivity index (χ0n) is 10.9. The van der Waals surface area contributed by atoms with Crippen LogP contribution in [-0.2, 0) is 16.4 Å². The van der Waals surface area contributed by atoms with Crippen molar-refractivity contribution < 1.29 is 8.42 Å². The van der Waals surface area contributed by atoms with Crippen LogP contribution >= 0.6 is 0 Å². The fraction of sp³-hybridized carbons (Fsp3) is 0.571. The van der Waals surface area contributed by atoms with Gasteiger partial charge in [0.15, 0.2) is 0 Å². The van der Waals surface area contributed by atoms with Gasteiger partial charge in [0.2, 0.25) is 10.0 Å². The van der Waals surface area contributed by atoms with Crippen LogP contribution < -0.4 is 0 Å². The molecular formula is C14H21NO2S. The first-order valence-corrected chi connectivity index (χ1v) is 8.17. The number of piperidine rings is 1. The lowest BCUT2D eigenvalue weighted by molar-refractivity contribution is 0.346. The molecule has 0 radical (unpaired) electrons. The van der Waals surface area contributed by atoms with Crippen molar-refractivity contribution in [3.63, 3.8) is 0 Å². The molecule has 0 spiro atoms. The van der Waals surface area contributed by atoms with Gasteiger partial charge in [0.1, 0.15) is 0 Å². The highest BCUT2D eigenvalue weighted by Gasteiger charge is 2.25. The first-order chi connectivity index (χ1) is 8.64. The SMILES string of the molecule is CCCc1ccc(S(=O)(=O)N2CCCCC2)cc1. The van der Waals surface area contributed by atoms with E-state index in [-0.39, 0.29) is 0 Å². The van der Waals surface area contributed by atoms with Crippen LogP contribution in [0.15, 0.2) is 29.2 Å². The van der Waals surface area contributed by atoms with Gasteiger partial charge < -0.3 is 0 Å². The molecule has 0 atom stereocenters. The Morgan fingerprint density at radius 1 is 1.06 bits per heavy atom. The predicted octanol–water partition coefficient (Wildman–Crippen LogP) is 2.81. The van der Waals surface area contributed by atoms with Crippen LogP contribution in [0.25, 0.3) is 0 Å². The van der Waals surface area contributed by atoms with Crippen LogP contribution in [0.1, 0.15) is 38.2 Å². The Labute approximate surface area is 110 Å². The minimum atomic E-state index is -3.26. The molecule has 0 aromatic heterocycles. The van der Waals surface area contributed by atoms with Crippen molar-refractivity contribution >= 4 is 10.0 Å². The van der Waals surface area contributed by atoms with Gasteiger partial charge in [-0.25, -0.2) is 8.42 Å². The van der Waals surface area contributed by atoms with E-state index in [9.17, 15) is 8.42 Å². The molecule has 1 aliphatic rings. The number of aryl methyl sites for hydroxylation is 1. The van der Waals surface area contributed by atoms with Crippen LogP contribution in [-0.4, -0.2) is 25.8 Å². The van der Waals surface area contributed by atoms with Gasteiger partial charge in [-0.2, -0.15) is 4.31 Å². The van der Waals surface area contributed by atoms with Crippen LogP contribution in [0.2, 0.25) is 0 Å². The fourth-order valence-electron chi connectivity index (χ4n) is 2.37. The summed E-state index contributed by atoms with van der Waals surface area (Å²) in [6.45, 7) is 3.45. The van der Waals surface area contributed by atoms with E-state index in [1.165, 1.54) is 5.56 Å². The number of hydrogen-bond acceptors (Lipinski definition) is 2. The van der Waals surface area contributed by atoms with Gasteiger partial charge in [0, 0.05) is 13.1 Å². The maximum atomic E-state index is 12.4. The van der Waals surface area contributed by atoms with Gasteiger partial charge in [-0.1, -0.05) is 31.9 Å². The number of nitrogens with zero attached hydrogens (tertiary/aromatic N) is 1. The van der Waals surface area contributed by atoms with Crippen molar-refractivity contribution in [2.75, 3.05) is 13.1 Å². The van der Waals surface area contributed by atoms with Crippen LogP contribution in [0.5, 0.6) is 0 Å². The molecule has 2 rings (SSSR count). The monoisotopic (exact) mass is 267 g/mol. The molecule has 0 aliphatic carbocycles. The Bertz CT molecular complexity index is 473. The maximum absolute atomic E-state index is 12.4. The number of sulfonamides is 1. The molecule has 0 saturated carbocycles. The molecule has 4 heteroatoms. The minimum Gasteiger partial charge on any atom is -0.207 e. The second kappa shape index (κ2) is 5.85. The lowest BCUT2D eigenvalue weighted by Gasteiger charge is -2.25. The Kier molecular flexibility index (Phi) is 4.40. The average Bonchev–Trinajstić information content (AvgIpc) is 2.41. The number of hydrogen-bond donors (Lipinski definition) is 0. The third kappa shape index (κ3) is 2.93. The lowest BCUT2D eigenvalue weighted by Crippen LogP contribution is -2.35. The predicted molar refractivity (Wildman–Crippen MR) is 73.0 cm³/mol. The third-order valence-corrected chi connectivity index (χ3v) is 5.33. The molecule has 1 saturated heterocycles. The molecule has 18 heavy (non-hydrogen) atoms. The van der Waals surface area contributed by atoms with E-state index in [4.69, 9.17) is 0 Å². The highest BCUT2D eigenvalue weighted by atomic mass is 32.2. The largest absolute Gasteiger partial charge is 0.243 e. The van der Waals surface area contributed by atoms with Crippen molar-refractivity contribution in [3.8, 4) is 0 Å². The second-order valence-corrected chi connectivity index (χ2v) is 6.80. The summed E-state index contributed by atoms with van der Waals surface area (Å²) in [5, 5.41) is 0. The molecule has 0 amide bonds. The van der Waals surface area contributed by atoms with E-state index in [2.05, 4.69) is 6.92 Å². The van der Waals surface area contributed by atoms with Crippen molar-refractivity contribution in [1.82, 2.24) is 4.31 Å². The van der Waals surface area contributed by atoms with Crippen molar-refractivity contribution in [2.45, 2.75) is 43.9 Å². The third-order valence-electron chi connectivity index (χ3n) is 3.41. The van der Waals surface area contributed by atoms with Crippen molar-refractivity contribution in [2.24, 2.45) is 0 Å². The molecule has 0 unspecified atom stereocenters. The van der Waals surface area contributed by atoms with Gasteiger partial charge in [-0.15, -0.1) is 0 Å². The Balaban J connectivity index is 2.18. The van der Waals surface area contributed by atoms with Crippen molar-refractivity contribution in [1.29, 1.82) is 0 Å². The zero-order valence-corrected chi connectivity index (χ0v) is 11.7. The number of rotatable bonds is 4. The van der Waals surface area contributed by atoms with E-state index >= 15 is 0 Å².